The van der Waals surface area contributed by atoms with Crippen LogP contribution in [0.25, 0.3) is 0 Å². The molecule has 0 spiro atoms. The lowest BCUT2D eigenvalue weighted by Gasteiger charge is -2.26. The molecule has 0 saturated carbocycles. The van der Waals surface area contributed by atoms with Crippen LogP contribution in [0.4, 0.5) is 10.2 Å². The molecule has 34 heavy (non-hydrogen) atoms. The summed E-state index contributed by atoms with van der Waals surface area (Å²) in [5.74, 6) is 0.923. The monoisotopic (exact) mass is 485 g/mol. The number of alkyl halides is 1. The second-order valence-electron chi connectivity index (χ2n) is 8.54. The van der Waals surface area contributed by atoms with Crippen LogP contribution in [0, 0.1) is 6.92 Å². The summed E-state index contributed by atoms with van der Waals surface area (Å²) in [5.41, 5.74) is 4.23. The van der Waals surface area contributed by atoms with E-state index in [-0.39, 0.29) is 0 Å². The van der Waals surface area contributed by atoms with E-state index in [0.29, 0.717) is 13.0 Å². The van der Waals surface area contributed by atoms with Crippen LogP contribution in [0.2, 0.25) is 0 Å². The summed E-state index contributed by atoms with van der Waals surface area (Å²) in [5, 5.41) is 7.38. The number of halogens is 1. The highest BCUT2D eigenvalue weighted by atomic mass is 32.2. The smallest absolute Gasteiger partial charge is 0.166 e. The van der Waals surface area contributed by atoms with Gasteiger partial charge in [0.05, 0.1) is 31.0 Å². The van der Waals surface area contributed by atoms with Crippen molar-refractivity contribution in [3.63, 3.8) is 0 Å². The molecule has 182 valence electrons. The van der Waals surface area contributed by atoms with Crippen LogP contribution in [0.5, 0.6) is 0 Å². The molecule has 2 aliphatic rings. The van der Waals surface area contributed by atoms with Crippen molar-refractivity contribution < 1.29 is 9.18 Å². The predicted octanol–water partition coefficient (Wildman–Crippen LogP) is 3.21. The minimum Gasteiger partial charge on any atom is -0.353 e. The molecule has 1 fully saturated rings. The molecule has 1 saturated heterocycles. The van der Waals surface area contributed by atoms with E-state index in [1.165, 1.54) is 5.69 Å². The molecular weight excluding hydrogens is 453 g/mol. The first-order valence-corrected chi connectivity index (χ1v) is 12.3. The van der Waals surface area contributed by atoms with Gasteiger partial charge in [-0.25, -0.2) is 13.7 Å². The highest BCUT2D eigenvalue weighted by molar-refractivity contribution is 7.97. The largest absolute Gasteiger partial charge is 0.353 e. The van der Waals surface area contributed by atoms with Crippen LogP contribution in [0.1, 0.15) is 33.9 Å². The molecule has 8 nitrogen and oxygen atoms in total. The lowest BCUT2D eigenvalue weighted by Crippen LogP contribution is -2.28. The van der Waals surface area contributed by atoms with Gasteiger partial charge in [0.2, 0.25) is 0 Å². The van der Waals surface area contributed by atoms with Gasteiger partial charge < -0.3 is 14.8 Å². The molecule has 5 heterocycles. The number of fused-ring (bicyclic) bond motifs is 1. The second-order valence-corrected chi connectivity index (χ2v) is 9.68. The van der Waals surface area contributed by atoms with E-state index in [1.54, 1.807) is 18.1 Å². The maximum Gasteiger partial charge on any atom is 0.166 e. The molecule has 2 aliphatic heterocycles. The third-order valence-electron chi connectivity index (χ3n) is 6.24. The van der Waals surface area contributed by atoms with E-state index < -0.39 is 6.17 Å². The first-order chi connectivity index (χ1) is 16.5. The van der Waals surface area contributed by atoms with Crippen LogP contribution >= 0.6 is 11.9 Å². The zero-order chi connectivity index (χ0) is 24.1. The van der Waals surface area contributed by atoms with Crippen LogP contribution in [0.3, 0.4) is 0 Å². The molecule has 1 N–H and O–H groups in total. The van der Waals surface area contributed by atoms with E-state index in [9.17, 15) is 9.18 Å². The van der Waals surface area contributed by atoms with Crippen LogP contribution in [0.15, 0.2) is 41.6 Å². The van der Waals surface area contributed by atoms with Gasteiger partial charge in [0.15, 0.2) is 6.29 Å². The number of rotatable bonds is 6. The Morgan fingerprint density at radius 3 is 2.82 bits per heavy atom. The van der Waals surface area contributed by atoms with Crippen molar-refractivity contribution >= 4 is 24.1 Å². The van der Waals surface area contributed by atoms with E-state index in [1.807, 2.05) is 59.6 Å². The molecule has 10 heteroatoms. The molecule has 1 unspecified atom stereocenters. The number of pyridine rings is 1. The van der Waals surface area contributed by atoms with Gasteiger partial charge >= 0.3 is 0 Å². The van der Waals surface area contributed by atoms with Crippen molar-refractivity contribution in [3.05, 3.63) is 59.3 Å². The number of carbonyl (C=O) groups excluding carboxylic acids is 1. The number of hydrogen-bond acceptors (Lipinski definition) is 7. The number of nitrogens with one attached hydrogen (secondary N) is 1. The predicted molar refractivity (Wildman–Crippen MR) is 133 cm³/mol. The Hall–Kier alpha value is -2.69. The molecule has 1 atom stereocenters. The fourth-order valence-corrected chi connectivity index (χ4v) is 5.32. The first-order valence-electron chi connectivity index (χ1n) is 11.5. The Labute approximate surface area is 204 Å². The Morgan fingerprint density at radius 2 is 2.12 bits per heavy atom. The summed E-state index contributed by atoms with van der Waals surface area (Å²) in [6.45, 7) is 6.84. The van der Waals surface area contributed by atoms with Gasteiger partial charge in [0, 0.05) is 55.2 Å². The standard InChI is InChI=1S/C13H16N4OS.C11H16FN3/c1-10-13(7-12(9-18)15(10)2)19-16-5-6-17-11(8-16)3-4-14-17;1-13-7-9-3-2-5-14-11(9)15-6-4-10(12)8-15/h3-4,7,9H,5-6,8H2,1-2H3;2-3,5,10,13H,4,6-8H2,1H3. The van der Waals surface area contributed by atoms with Crippen LogP contribution < -0.4 is 10.2 Å². The lowest BCUT2D eigenvalue weighted by atomic mass is 10.2. The normalized spacial score (nSPS) is 17.9. The summed E-state index contributed by atoms with van der Waals surface area (Å²) in [6.07, 6.45) is 4.44. The van der Waals surface area contributed by atoms with Gasteiger partial charge in [-0.1, -0.05) is 6.07 Å². The summed E-state index contributed by atoms with van der Waals surface area (Å²) in [6, 6.07) is 7.96. The number of nitrogens with zero attached hydrogens (tertiary/aromatic N) is 6. The number of hydrogen-bond donors (Lipinski definition) is 1. The Bertz CT molecular complexity index is 1110. The zero-order valence-electron chi connectivity index (χ0n) is 19.9. The fourth-order valence-electron chi connectivity index (χ4n) is 4.23. The first kappa shape index (κ1) is 24.4. The van der Waals surface area contributed by atoms with Crippen molar-refractivity contribution in [2.75, 3.05) is 31.6 Å². The van der Waals surface area contributed by atoms with Crippen molar-refractivity contribution in [2.45, 2.75) is 44.0 Å². The van der Waals surface area contributed by atoms with Gasteiger partial charge in [0.25, 0.3) is 0 Å². The molecule has 3 aromatic heterocycles. The fraction of sp³-hybridized carbons (Fsp3) is 0.458. The number of anilines is 1. The SMILES string of the molecule is CNCc1cccnc1N1CCC(F)C1.Cc1c(SN2CCn3nccc3C2)cc(C=O)n1C. The molecule has 0 aliphatic carbocycles. The van der Waals surface area contributed by atoms with Crippen molar-refractivity contribution in [1.82, 2.24) is 29.0 Å². The maximum absolute atomic E-state index is 13.1. The molecular formula is C24H32FN7OS. The number of aldehydes is 1. The summed E-state index contributed by atoms with van der Waals surface area (Å²) in [7, 11) is 3.83. The van der Waals surface area contributed by atoms with Crippen LogP contribution in [-0.4, -0.2) is 62.8 Å². The molecule has 0 amide bonds. The molecule has 0 aromatic carbocycles. The van der Waals surface area contributed by atoms with Crippen molar-refractivity contribution in [2.24, 2.45) is 7.05 Å². The van der Waals surface area contributed by atoms with E-state index in [2.05, 4.69) is 25.8 Å². The van der Waals surface area contributed by atoms with E-state index in [0.717, 1.165) is 66.7 Å². The van der Waals surface area contributed by atoms with Crippen molar-refractivity contribution in [1.29, 1.82) is 0 Å². The zero-order valence-corrected chi connectivity index (χ0v) is 20.8. The lowest BCUT2D eigenvalue weighted by molar-refractivity contribution is 0.111. The van der Waals surface area contributed by atoms with E-state index in [4.69, 9.17) is 0 Å². The molecule has 0 radical (unpaired) electrons. The summed E-state index contributed by atoms with van der Waals surface area (Å²) >= 11 is 1.72. The quantitative estimate of drug-likeness (QED) is 0.425. The third kappa shape index (κ3) is 5.51. The average Bonchev–Trinajstić information content (AvgIpc) is 3.56. The van der Waals surface area contributed by atoms with Gasteiger partial charge in [-0.3, -0.25) is 9.48 Å². The highest BCUT2D eigenvalue weighted by Crippen LogP contribution is 2.30. The number of carbonyl (C=O) groups is 1. The molecule has 5 rings (SSSR count). The molecule has 0 bridgehead atoms. The third-order valence-corrected chi connectivity index (χ3v) is 7.42. The van der Waals surface area contributed by atoms with Crippen LogP contribution in [-0.2, 0) is 26.7 Å². The Balaban J connectivity index is 0.000000166. The minimum atomic E-state index is -0.700. The molecule has 3 aromatic rings. The van der Waals surface area contributed by atoms with Gasteiger partial charge in [-0.2, -0.15) is 5.10 Å². The summed E-state index contributed by atoms with van der Waals surface area (Å²) in [4.78, 5) is 18.5. The topological polar surface area (TPSA) is 71.2 Å². The van der Waals surface area contributed by atoms with Gasteiger partial charge in [-0.05, 0) is 50.5 Å². The van der Waals surface area contributed by atoms with Gasteiger partial charge in [-0.15, -0.1) is 0 Å². The second kappa shape index (κ2) is 11.2. The Morgan fingerprint density at radius 1 is 1.26 bits per heavy atom. The Kier molecular flexibility index (Phi) is 8.02. The average molecular weight is 486 g/mol. The van der Waals surface area contributed by atoms with Crippen molar-refractivity contribution in [3.8, 4) is 0 Å². The number of aromatic nitrogens is 4. The van der Waals surface area contributed by atoms with E-state index >= 15 is 0 Å². The maximum atomic E-state index is 13.1. The highest BCUT2D eigenvalue weighted by Gasteiger charge is 2.24. The minimum absolute atomic E-state index is 0.480. The summed E-state index contributed by atoms with van der Waals surface area (Å²) < 4.78 is 19.4. The van der Waals surface area contributed by atoms with Gasteiger partial charge in [0.1, 0.15) is 12.0 Å².